The van der Waals surface area contributed by atoms with Crippen LogP contribution in [-0.2, 0) is 6.42 Å². The van der Waals surface area contributed by atoms with Crippen molar-refractivity contribution in [2.75, 3.05) is 14.2 Å². The topological polar surface area (TPSA) is 21.3 Å². The third kappa shape index (κ3) is 3.12. The molecule has 2 aromatic carbocycles. The summed E-state index contributed by atoms with van der Waals surface area (Å²) >= 11 is 0. The van der Waals surface area contributed by atoms with E-state index in [4.69, 9.17) is 4.74 Å². The van der Waals surface area contributed by atoms with Gasteiger partial charge in [0, 0.05) is 6.04 Å². The van der Waals surface area contributed by atoms with Gasteiger partial charge in [0.1, 0.15) is 0 Å². The molecule has 0 amide bonds. The number of nitrogens with one attached hydrogen (secondary N) is 1. The molecule has 100 valence electrons. The number of likely N-dealkylation sites (N-methyl/N-ethyl adjacent to an activating group) is 1. The van der Waals surface area contributed by atoms with E-state index >= 15 is 0 Å². The molecule has 0 saturated carbocycles. The Morgan fingerprint density at radius 3 is 2.47 bits per heavy atom. The Balaban J connectivity index is 2.24. The number of rotatable bonds is 5. The smallest absolute Gasteiger partial charge is 0.168 e. The molecule has 0 aliphatic rings. The van der Waals surface area contributed by atoms with Crippen molar-refractivity contribution in [3.8, 4) is 5.75 Å². The lowest BCUT2D eigenvalue weighted by molar-refractivity contribution is 0.383. The summed E-state index contributed by atoms with van der Waals surface area (Å²) in [6.07, 6.45) is 0.587. The van der Waals surface area contributed by atoms with Crippen LogP contribution >= 0.6 is 0 Å². The predicted molar refractivity (Wildman–Crippen MR) is 74.9 cm³/mol. The van der Waals surface area contributed by atoms with Crippen LogP contribution < -0.4 is 10.1 Å². The first-order valence-electron chi connectivity index (χ1n) is 6.30. The van der Waals surface area contributed by atoms with Gasteiger partial charge in [-0.05, 0) is 30.7 Å². The van der Waals surface area contributed by atoms with Crippen molar-refractivity contribution in [1.82, 2.24) is 5.32 Å². The maximum Gasteiger partial charge on any atom is 0.168 e. The fraction of sp³-hybridized carbons (Fsp3) is 0.250. The van der Waals surface area contributed by atoms with Crippen molar-refractivity contribution >= 4 is 0 Å². The normalized spacial score (nSPS) is 12.2. The Bertz CT molecular complexity index is 528. The van der Waals surface area contributed by atoms with Crippen LogP contribution in [0.25, 0.3) is 0 Å². The minimum absolute atomic E-state index is 0.0859. The Hall–Kier alpha value is -1.87. The summed E-state index contributed by atoms with van der Waals surface area (Å²) in [5, 5.41) is 3.22. The third-order valence-electron chi connectivity index (χ3n) is 3.24. The van der Waals surface area contributed by atoms with E-state index in [0.717, 1.165) is 5.56 Å². The van der Waals surface area contributed by atoms with Crippen LogP contribution in [0.3, 0.4) is 0 Å². The molecular weight excluding hydrogens is 241 g/mol. The van der Waals surface area contributed by atoms with Gasteiger partial charge in [-0.2, -0.15) is 0 Å². The molecule has 1 atom stereocenters. The van der Waals surface area contributed by atoms with E-state index in [0.29, 0.717) is 17.7 Å². The summed E-state index contributed by atoms with van der Waals surface area (Å²) in [6, 6.07) is 15.4. The van der Waals surface area contributed by atoms with Crippen LogP contribution in [0.4, 0.5) is 4.39 Å². The summed E-state index contributed by atoms with van der Waals surface area (Å²) in [5.74, 6) is 0.0154. The second-order valence-electron chi connectivity index (χ2n) is 4.39. The Labute approximate surface area is 113 Å². The summed E-state index contributed by atoms with van der Waals surface area (Å²) in [4.78, 5) is 0. The summed E-state index contributed by atoms with van der Waals surface area (Å²) < 4.78 is 19.1. The first-order chi connectivity index (χ1) is 9.26. The van der Waals surface area contributed by atoms with E-state index in [-0.39, 0.29) is 11.9 Å². The van der Waals surface area contributed by atoms with Crippen molar-refractivity contribution in [3.63, 3.8) is 0 Å². The van der Waals surface area contributed by atoms with E-state index in [1.54, 1.807) is 12.1 Å². The molecule has 2 rings (SSSR count). The molecule has 1 N–H and O–H groups in total. The number of hydrogen-bond acceptors (Lipinski definition) is 2. The van der Waals surface area contributed by atoms with Gasteiger partial charge in [0.25, 0.3) is 0 Å². The molecule has 0 bridgehead atoms. The van der Waals surface area contributed by atoms with Gasteiger partial charge >= 0.3 is 0 Å². The average Bonchev–Trinajstić information content (AvgIpc) is 2.47. The van der Waals surface area contributed by atoms with Gasteiger partial charge in [0.15, 0.2) is 11.6 Å². The molecule has 2 nitrogen and oxygen atoms in total. The average molecular weight is 259 g/mol. The highest BCUT2D eigenvalue weighted by Crippen LogP contribution is 2.24. The van der Waals surface area contributed by atoms with Crippen molar-refractivity contribution < 1.29 is 9.13 Å². The maximum absolute atomic E-state index is 14.1. The van der Waals surface area contributed by atoms with Crippen molar-refractivity contribution in [3.05, 3.63) is 65.5 Å². The molecule has 0 heterocycles. The number of methoxy groups -OCH3 is 1. The number of benzene rings is 2. The second kappa shape index (κ2) is 6.34. The van der Waals surface area contributed by atoms with Crippen LogP contribution in [0, 0.1) is 5.82 Å². The fourth-order valence-electron chi connectivity index (χ4n) is 2.16. The highest BCUT2D eigenvalue weighted by atomic mass is 19.1. The van der Waals surface area contributed by atoms with Gasteiger partial charge in [-0.15, -0.1) is 0 Å². The molecule has 1 unspecified atom stereocenters. The second-order valence-corrected chi connectivity index (χ2v) is 4.39. The van der Waals surface area contributed by atoms with E-state index in [1.165, 1.54) is 7.11 Å². The van der Waals surface area contributed by atoms with E-state index in [1.807, 2.05) is 43.4 Å². The molecule has 0 saturated heterocycles. The Kier molecular flexibility index (Phi) is 4.53. The molecular formula is C16H18FNO. The summed E-state index contributed by atoms with van der Waals surface area (Å²) in [6.45, 7) is 0. The zero-order valence-corrected chi connectivity index (χ0v) is 11.2. The monoisotopic (exact) mass is 259 g/mol. The zero-order valence-electron chi connectivity index (χ0n) is 11.2. The molecule has 3 heteroatoms. The highest BCUT2D eigenvalue weighted by Gasteiger charge is 2.14. The van der Waals surface area contributed by atoms with Crippen LogP contribution in [0.2, 0.25) is 0 Å². The minimum Gasteiger partial charge on any atom is -0.494 e. The molecule has 0 aliphatic carbocycles. The minimum atomic E-state index is -0.277. The summed E-state index contributed by atoms with van der Waals surface area (Å²) in [5.41, 5.74) is 1.80. The van der Waals surface area contributed by atoms with Gasteiger partial charge in [-0.3, -0.25) is 0 Å². The number of hydrogen-bond donors (Lipinski definition) is 1. The first kappa shape index (κ1) is 13.6. The van der Waals surface area contributed by atoms with Gasteiger partial charge in [0.05, 0.1) is 7.11 Å². The Morgan fingerprint density at radius 2 is 1.84 bits per heavy atom. The van der Waals surface area contributed by atoms with Crippen molar-refractivity contribution in [2.45, 2.75) is 12.5 Å². The van der Waals surface area contributed by atoms with E-state index in [9.17, 15) is 4.39 Å². The highest BCUT2D eigenvalue weighted by molar-refractivity contribution is 5.32. The SMILES string of the molecule is CNC(Cc1cccc(OC)c1F)c1ccccc1. The Morgan fingerprint density at radius 1 is 1.11 bits per heavy atom. The van der Waals surface area contributed by atoms with E-state index in [2.05, 4.69) is 5.32 Å². The lowest BCUT2D eigenvalue weighted by atomic mass is 9.98. The maximum atomic E-state index is 14.1. The van der Waals surface area contributed by atoms with Crippen molar-refractivity contribution in [2.24, 2.45) is 0 Å². The molecule has 2 aromatic rings. The quantitative estimate of drug-likeness (QED) is 0.889. The molecule has 0 aromatic heterocycles. The third-order valence-corrected chi connectivity index (χ3v) is 3.24. The van der Waals surface area contributed by atoms with Gasteiger partial charge in [-0.1, -0.05) is 42.5 Å². The van der Waals surface area contributed by atoms with Gasteiger partial charge in [0.2, 0.25) is 0 Å². The van der Waals surface area contributed by atoms with Gasteiger partial charge < -0.3 is 10.1 Å². The van der Waals surface area contributed by atoms with Crippen LogP contribution in [-0.4, -0.2) is 14.2 Å². The fourth-order valence-corrected chi connectivity index (χ4v) is 2.16. The van der Waals surface area contributed by atoms with Crippen LogP contribution in [0.15, 0.2) is 48.5 Å². The van der Waals surface area contributed by atoms with E-state index < -0.39 is 0 Å². The molecule has 19 heavy (non-hydrogen) atoms. The number of ether oxygens (including phenoxy) is 1. The number of halogens is 1. The van der Waals surface area contributed by atoms with Crippen LogP contribution in [0.5, 0.6) is 5.75 Å². The predicted octanol–water partition coefficient (Wildman–Crippen LogP) is 3.34. The molecule has 0 aliphatic heterocycles. The molecule has 0 radical (unpaired) electrons. The van der Waals surface area contributed by atoms with Gasteiger partial charge in [-0.25, -0.2) is 4.39 Å². The largest absolute Gasteiger partial charge is 0.494 e. The van der Waals surface area contributed by atoms with Crippen molar-refractivity contribution in [1.29, 1.82) is 0 Å². The molecule has 0 spiro atoms. The summed E-state index contributed by atoms with van der Waals surface area (Å²) in [7, 11) is 3.37. The zero-order chi connectivity index (χ0) is 13.7. The lowest BCUT2D eigenvalue weighted by Gasteiger charge is -2.17. The van der Waals surface area contributed by atoms with Crippen LogP contribution in [0.1, 0.15) is 17.2 Å². The first-order valence-corrected chi connectivity index (χ1v) is 6.30. The standard InChI is InChI=1S/C16H18FNO/c1-18-14(12-7-4-3-5-8-12)11-13-9-6-10-15(19-2)16(13)17/h3-10,14,18H,11H2,1-2H3. The molecule has 0 fully saturated rings. The lowest BCUT2D eigenvalue weighted by Crippen LogP contribution is -2.19.